The van der Waals surface area contributed by atoms with E-state index in [2.05, 4.69) is 4.99 Å². The van der Waals surface area contributed by atoms with E-state index < -0.39 is 0 Å². The van der Waals surface area contributed by atoms with Crippen molar-refractivity contribution in [1.82, 2.24) is 0 Å². The average Bonchev–Trinajstić information content (AvgIpc) is 2.34. The molecule has 0 bridgehead atoms. The summed E-state index contributed by atoms with van der Waals surface area (Å²) in [6.07, 6.45) is 2.01. The summed E-state index contributed by atoms with van der Waals surface area (Å²) < 4.78 is 1.11. The largest absolute Gasteiger partial charge is 0.394 e. The molecule has 1 aliphatic rings. The van der Waals surface area contributed by atoms with E-state index in [0.29, 0.717) is 0 Å². The van der Waals surface area contributed by atoms with E-state index >= 15 is 0 Å². The summed E-state index contributed by atoms with van der Waals surface area (Å²) in [5.41, 5.74) is 0. The lowest BCUT2D eigenvalue weighted by molar-refractivity contribution is 0.277. The SMILES string of the molecule is CSC1=N[C@H](CO)CS1. The summed E-state index contributed by atoms with van der Waals surface area (Å²) in [7, 11) is 0. The molecule has 0 spiro atoms. The van der Waals surface area contributed by atoms with Gasteiger partial charge in [-0.1, -0.05) is 11.8 Å². The second kappa shape index (κ2) is 3.49. The molecule has 0 unspecified atom stereocenters. The fraction of sp³-hybridized carbons (Fsp3) is 0.800. The van der Waals surface area contributed by atoms with Gasteiger partial charge in [0.25, 0.3) is 0 Å². The highest BCUT2D eigenvalue weighted by Crippen LogP contribution is 2.23. The minimum atomic E-state index is 0.164. The van der Waals surface area contributed by atoms with E-state index in [9.17, 15) is 0 Å². The molecule has 52 valence electrons. The van der Waals surface area contributed by atoms with Gasteiger partial charge in [0, 0.05) is 5.75 Å². The van der Waals surface area contributed by atoms with Crippen LogP contribution >= 0.6 is 23.5 Å². The Morgan fingerprint density at radius 1 is 2.00 bits per heavy atom. The molecule has 1 atom stereocenters. The Morgan fingerprint density at radius 3 is 3.11 bits per heavy atom. The number of rotatable bonds is 1. The van der Waals surface area contributed by atoms with Crippen LogP contribution in [0.1, 0.15) is 0 Å². The van der Waals surface area contributed by atoms with Crippen LogP contribution in [-0.2, 0) is 0 Å². The van der Waals surface area contributed by atoms with Crippen molar-refractivity contribution >= 4 is 27.9 Å². The fourth-order valence-corrected chi connectivity index (χ4v) is 2.26. The fourth-order valence-electron chi connectivity index (χ4n) is 0.596. The monoisotopic (exact) mass is 163 g/mol. The summed E-state index contributed by atoms with van der Waals surface area (Å²) >= 11 is 3.38. The maximum Gasteiger partial charge on any atom is 0.124 e. The zero-order valence-corrected chi connectivity index (χ0v) is 6.84. The average molecular weight is 163 g/mol. The van der Waals surface area contributed by atoms with E-state index in [1.165, 1.54) is 0 Å². The summed E-state index contributed by atoms with van der Waals surface area (Å²) in [6, 6.07) is 0.164. The van der Waals surface area contributed by atoms with Crippen molar-refractivity contribution in [2.24, 2.45) is 4.99 Å². The molecule has 0 radical (unpaired) electrons. The lowest BCUT2D eigenvalue weighted by atomic mass is 10.4. The van der Waals surface area contributed by atoms with Gasteiger partial charge in [-0.05, 0) is 6.26 Å². The molecule has 0 saturated carbocycles. The van der Waals surface area contributed by atoms with Crippen LogP contribution in [0.3, 0.4) is 0 Å². The molecular weight excluding hydrogens is 154 g/mol. The van der Waals surface area contributed by atoms with Gasteiger partial charge in [0.15, 0.2) is 0 Å². The van der Waals surface area contributed by atoms with Crippen LogP contribution in [0.5, 0.6) is 0 Å². The van der Waals surface area contributed by atoms with Gasteiger partial charge in [0.05, 0.1) is 12.6 Å². The first-order valence-corrected chi connectivity index (χ1v) is 4.93. The molecule has 4 heteroatoms. The maximum atomic E-state index is 8.65. The van der Waals surface area contributed by atoms with E-state index in [1.807, 2.05) is 6.26 Å². The smallest absolute Gasteiger partial charge is 0.124 e. The lowest BCUT2D eigenvalue weighted by Crippen LogP contribution is -2.08. The van der Waals surface area contributed by atoms with Crippen LogP contribution in [0, 0.1) is 0 Å². The number of hydrogen-bond acceptors (Lipinski definition) is 4. The van der Waals surface area contributed by atoms with E-state index in [0.717, 1.165) is 10.1 Å². The lowest BCUT2D eigenvalue weighted by Gasteiger charge is -1.95. The molecule has 0 fully saturated rings. The van der Waals surface area contributed by atoms with E-state index in [4.69, 9.17) is 5.11 Å². The van der Waals surface area contributed by atoms with Crippen molar-refractivity contribution in [3.8, 4) is 0 Å². The third-order valence-corrected chi connectivity index (χ3v) is 3.28. The first-order valence-electron chi connectivity index (χ1n) is 2.72. The molecule has 1 N–H and O–H groups in total. The van der Waals surface area contributed by atoms with Crippen LogP contribution in [0.4, 0.5) is 0 Å². The van der Waals surface area contributed by atoms with Crippen molar-refractivity contribution in [1.29, 1.82) is 0 Å². The maximum absolute atomic E-state index is 8.65. The Balaban J connectivity index is 2.40. The molecule has 0 aromatic heterocycles. The molecule has 0 amide bonds. The first kappa shape index (κ1) is 7.44. The normalized spacial score (nSPS) is 26.4. The van der Waals surface area contributed by atoms with Crippen molar-refractivity contribution in [3.63, 3.8) is 0 Å². The Bertz CT molecular complexity index is 126. The quantitative estimate of drug-likeness (QED) is 0.621. The summed E-state index contributed by atoms with van der Waals surface area (Å²) in [6.45, 7) is 0.192. The van der Waals surface area contributed by atoms with Crippen LogP contribution < -0.4 is 0 Å². The van der Waals surface area contributed by atoms with Crippen LogP contribution in [0.2, 0.25) is 0 Å². The van der Waals surface area contributed by atoms with Gasteiger partial charge in [-0.2, -0.15) is 0 Å². The van der Waals surface area contributed by atoms with Crippen LogP contribution in [0.15, 0.2) is 4.99 Å². The minimum absolute atomic E-state index is 0.164. The third-order valence-electron chi connectivity index (χ3n) is 1.07. The molecule has 9 heavy (non-hydrogen) atoms. The van der Waals surface area contributed by atoms with Gasteiger partial charge in [-0.25, -0.2) is 0 Å². The summed E-state index contributed by atoms with van der Waals surface area (Å²) in [5.74, 6) is 0.951. The summed E-state index contributed by atoms with van der Waals surface area (Å²) in [5, 5.41) is 8.65. The van der Waals surface area contributed by atoms with Crippen molar-refractivity contribution in [2.45, 2.75) is 6.04 Å². The molecule has 2 nitrogen and oxygen atoms in total. The molecule has 1 aliphatic heterocycles. The van der Waals surface area contributed by atoms with E-state index in [-0.39, 0.29) is 12.6 Å². The standard InChI is InChI=1S/C5H9NOS2/c1-8-5-6-4(2-7)3-9-5/h4,7H,2-3H2,1H3/t4-/m1/s1. The Labute approximate surface area is 63.1 Å². The highest BCUT2D eigenvalue weighted by Gasteiger charge is 2.15. The van der Waals surface area contributed by atoms with Gasteiger partial charge < -0.3 is 5.11 Å². The predicted octanol–water partition coefficient (Wildman–Crippen LogP) is 0.813. The summed E-state index contributed by atoms with van der Waals surface area (Å²) in [4.78, 5) is 4.22. The van der Waals surface area contributed by atoms with Gasteiger partial charge in [-0.15, -0.1) is 11.8 Å². The molecule has 1 rings (SSSR count). The van der Waals surface area contributed by atoms with Crippen molar-refractivity contribution in [2.75, 3.05) is 18.6 Å². The van der Waals surface area contributed by atoms with Crippen molar-refractivity contribution in [3.05, 3.63) is 0 Å². The minimum Gasteiger partial charge on any atom is -0.394 e. The number of hydrogen-bond donors (Lipinski definition) is 1. The second-order valence-electron chi connectivity index (χ2n) is 1.75. The first-order chi connectivity index (χ1) is 4.36. The zero-order valence-electron chi connectivity index (χ0n) is 5.20. The highest BCUT2D eigenvalue weighted by molar-refractivity contribution is 8.38. The van der Waals surface area contributed by atoms with Crippen LogP contribution in [-0.4, -0.2) is 34.1 Å². The Morgan fingerprint density at radius 2 is 2.78 bits per heavy atom. The molecule has 0 saturated heterocycles. The van der Waals surface area contributed by atoms with Crippen molar-refractivity contribution < 1.29 is 5.11 Å². The molecular formula is C5H9NOS2. The van der Waals surface area contributed by atoms with Gasteiger partial charge in [0.2, 0.25) is 0 Å². The van der Waals surface area contributed by atoms with E-state index in [1.54, 1.807) is 23.5 Å². The number of thioether (sulfide) groups is 2. The van der Waals surface area contributed by atoms with Gasteiger partial charge in [-0.3, -0.25) is 4.99 Å². The third kappa shape index (κ3) is 1.88. The predicted molar refractivity (Wildman–Crippen MR) is 44.3 cm³/mol. The molecule has 0 aromatic carbocycles. The second-order valence-corrected chi connectivity index (χ2v) is 3.81. The van der Waals surface area contributed by atoms with Gasteiger partial charge >= 0.3 is 0 Å². The topological polar surface area (TPSA) is 32.6 Å². The Hall–Kier alpha value is 0.330. The Kier molecular flexibility index (Phi) is 2.88. The molecule has 0 aromatic rings. The molecule has 1 heterocycles. The number of nitrogens with zero attached hydrogens (tertiary/aromatic N) is 1. The zero-order chi connectivity index (χ0) is 6.69. The van der Waals surface area contributed by atoms with Crippen LogP contribution in [0.25, 0.3) is 0 Å². The highest BCUT2D eigenvalue weighted by atomic mass is 32.2. The number of aliphatic hydroxyl groups is 1. The number of aliphatic hydroxyl groups excluding tert-OH is 1. The number of aliphatic imine (C=N–C) groups is 1. The molecule has 0 aliphatic carbocycles. The van der Waals surface area contributed by atoms with Gasteiger partial charge in [0.1, 0.15) is 4.38 Å².